The smallest absolute Gasteiger partial charge is 0.362 e. The molecule has 1 rings (SSSR count). The first-order chi connectivity index (χ1) is 8.38. The highest BCUT2D eigenvalue weighted by atomic mass is 19.4. The Balaban J connectivity index is 2.18. The molecule has 0 saturated carbocycles. The average molecular weight is 268 g/mol. The second-order valence-corrected chi connectivity index (χ2v) is 4.52. The van der Waals surface area contributed by atoms with Crippen molar-refractivity contribution in [2.75, 3.05) is 19.8 Å². The van der Waals surface area contributed by atoms with E-state index < -0.39 is 25.3 Å². The van der Waals surface area contributed by atoms with Gasteiger partial charge in [0.15, 0.2) is 0 Å². The summed E-state index contributed by atoms with van der Waals surface area (Å²) in [7, 11) is 0. The lowest BCUT2D eigenvalue weighted by Crippen LogP contribution is -2.50. The SMILES string of the molecule is CC(NC(=O)COCC(F)(F)F)C1CCCCN1. The highest BCUT2D eigenvalue weighted by Crippen LogP contribution is 2.14. The van der Waals surface area contributed by atoms with Crippen molar-refractivity contribution in [2.24, 2.45) is 0 Å². The van der Waals surface area contributed by atoms with Crippen LogP contribution in [-0.2, 0) is 9.53 Å². The Bertz CT molecular complexity index is 266. The van der Waals surface area contributed by atoms with Gasteiger partial charge in [0.2, 0.25) is 5.91 Å². The summed E-state index contributed by atoms with van der Waals surface area (Å²) < 4.78 is 39.7. The molecule has 2 N–H and O–H groups in total. The van der Waals surface area contributed by atoms with E-state index in [-0.39, 0.29) is 12.1 Å². The normalized spacial score (nSPS) is 22.6. The number of nitrogens with one attached hydrogen (secondary N) is 2. The first-order valence-electron chi connectivity index (χ1n) is 6.06. The van der Waals surface area contributed by atoms with Gasteiger partial charge in [0.1, 0.15) is 13.2 Å². The van der Waals surface area contributed by atoms with Crippen LogP contribution >= 0.6 is 0 Å². The van der Waals surface area contributed by atoms with E-state index in [1.807, 2.05) is 6.92 Å². The van der Waals surface area contributed by atoms with E-state index in [2.05, 4.69) is 15.4 Å². The molecular weight excluding hydrogens is 249 g/mol. The van der Waals surface area contributed by atoms with Gasteiger partial charge in [0.25, 0.3) is 0 Å². The van der Waals surface area contributed by atoms with E-state index in [4.69, 9.17) is 0 Å². The topological polar surface area (TPSA) is 50.4 Å². The number of hydrogen-bond donors (Lipinski definition) is 2. The van der Waals surface area contributed by atoms with Crippen LogP contribution in [0.25, 0.3) is 0 Å². The van der Waals surface area contributed by atoms with Crippen LogP contribution in [0.4, 0.5) is 13.2 Å². The Hall–Kier alpha value is -0.820. The number of rotatable bonds is 5. The molecule has 1 aliphatic heterocycles. The summed E-state index contributed by atoms with van der Waals surface area (Å²) >= 11 is 0. The summed E-state index contributed by atoms with van der Waals surface area (Å²) in [6.45, 7) is 0.799. The summed E-state index contributed by atoms with van der Waals surface area (Å²) in [6.07, 6.45) is -1.21. The summed E-state index contributed by atoms with van der Waals surface area (Å²) in [6, 6.07) is 0.0811. The highest BCUT2D eigenvalue weighted by molar-refractivity contribution is 5.77. The molecule has 7 heteroatoms. The van der Waals surface area contributed by atoms with Crippen LogP contribution in [0.1, 0.15) is 26.2 Å². The molecule has 0 bridgehead atoms. The minimum Gasteiger partial charge on any atom is -0.362 e. The molecule has 1 amide bonds. The maximum atomic E-state index is 11.8. The zero-order chi connectivity index (χ0) is 13.6. The van der Waals surface area contributed by atoms with Gasteiger partial charge in [-0.15, -0.1) is 0 Å². The predicted octanol–water partition coefficient (Wildman–Crippen LogP) is 1.21. The van der Waals surface area contributed by atoms with Gasteiger partial charge in [0, 0.05) is 12.1 Å². The maximum Gasteiger partial charge on any atom is 0.411 e. The minimum atomic E-state index is -4.39. The minimum absolute atomic E-state index is 0.104. The first-order valence-corrected chi connectivity index (χ1v) is 6.06. The lowest BCUT2D eigenvalue weighted by atomic mass is 9.99. The molecule has 0 spiro atoms. The number of alkyl halides is 3. The van der Waals surface area contributed by atoms with Crippen LogP contribution in [0.2, 0.25) is 0 Å². The fourth-order valence-electron chi connectivity index (χ4n) is 1.96. The molecule has 106 valence electrons. The molecule has 0 aromatic carbocycles. The van der Waals surface area contributed by atoms with Gasteiger partial charge < -0.3 is 15.4 Å². The van der Waals surface area contributed by atoms with Gasteiger partial charge in [-0.05, 0) is 26.3 Å². The van der Waals surface area contributed by atoms with Gasteiger partial charge in [-0.2, -0.15) is 13.2 Å². The molecule has 18 heavy (non-hydrogen) atoms. The van der Waals surface area contributed by atoms with Crippen LogP contribution in [-0.4, -0.2) is 43.9 Å². The van der Waals surface area contributed by atoms with Crippen LogP contribution in [0.15, 0.2) is 0 Å². The third kappa shape index (κ3) is 6.20. The number of carbonyl (C=O) groups excluding carboxylic acids is 1. The largest absolute Gasteiger partial charge is 0.411 e. The number of piperidine rings is 1. The van der Waals surface area contributed by atoms with Gasteiger partial charge in [-0.1, -0.05) is 6.42 Å². The fraction of sp³-hybridized carbons (Fsp3) is 0.909. The molecular formula is C11H19F3N2O2. The van der Waals surface area contributed by atoms with Crippen LogP contribution < -0.4 is 10.6 Å². The van der Waals surface area contributed by atoms with E-state index in [9.17, 15) is 18.0 Å². The van der Waals surface area contributed by atoms with Crippen LogP contribution in [0.5, 0.6) is 0 Å². The fourth-order valence-corrected chi connectivity index (χ4v) is 1.96. The second kappa shape index (κ2) is 6.94. The third-order valence-corrected chi connectivity index (χ3v) is 2.84. The third-order valence-electron chi connectivity index (χ3n) is 2.84. The van der Waals surface area contributed by atoms with Gasteiger partial charge in [-0.25, -0.2) is 0 Å². The van der Waals surface area contributed by atoms with Gasteiger partial charge in [0.05, 0.1) is 0 Å². The monoisotopic (exact) mass is 268 g/mol. The maximum absolute atomic E-state index is 11.8. The molecule has 0 aliphatic carbocycles. The van der Waals surface area contributed by atoms with Gasteiger partial charge >= 0.3 is 6.18 Å². The quantitative estimate of drug-likeness (QED) is 0.788. The van der Waals surface area contributed by atoms with Gasteiger partial charge in [-0.3, -0.25) is 4.79 Å². The van der Waals surface area contributed by atoms with Crippen molar-refractivity contribution in [3.8, 4) is 0 Å². The van der Waals surface area contributed by atoms with Crippen molar-refractivity contribution in [1.29, 1.82) is 0 Å². The van der Waals surface area contributed by atoms with Crippen molar-refractivity contribution in [3.05, 3.63) is 0 Å². The predicted molar refractivity (Wildman–Crippen MR) is 60.1 cm³/mol. The molecule has 1 saturated heterocycles. The molecule has 1 heterocycles. The number of amides is 1. The Labute approximate surface area is 104 Å². The second-order valence-electron chi connectivity index (χ2n) is 4.52. The van der Waals surface area contributed by atoms with Crippen molar-refractivity contribution < 1.29 is 22.7 Å². The van der Waals surface area contributed by atoms with Crippen molar-refractivity contribution in [3.63, 3.8) is 0 Å². The molecule has 1 aliphatic rings. The highest BCUT2D eigenvalue weighted by Gasteiger charge is 2.28. The standard InChI is InChI=1S/C11H19F3N2O2/c1-8(9-4-2-3-5-15-9)16-10(17)6-18-7-11(12,13)14/h8-9,15H,2-7H2,1H3,(H,16,17). The molecule has 0 aromatic rings. The van der Waals surface area contributed by atoms with E-state index >= 15 is 0 Å². The Morgan fingerprint density at radius 2 is 2.22 bits per heavy atom. The molecule has 2 unspecified atom stereocenters. The molecule has 0 aromatic heterocycles. The summed E-state index contributed by atoms with van der Waals surface area (Å²) in [4.78, 5) is 11.4. The molecule has 0 radical (unpaired) electrons. The van der Waals surface area contributed by atoms with E-state index in [0.29, 0.717) is 0 Å². The number of hydrogen-bond acceptors (Lipinski definition) is 3. The van der Waals surface area contributed by atoms with Crippen molar-refractivity contribution in [2.45, 2.75) is 44.4 Å². The molecule has 2 atom stereocenters. The van der Waals surface area contributed by atoms with Crippen LogP contribution in [0.3, 0.4) is 0 Å². The van der Waals surface area contributed by atoms with E-state index in [0.717, 1.165) is 25.8 Å². The zero-order valence-corrected chi connectivity index (χ0v) is 10.3. The number of halogens is 3. The Morgan fingerprint density at radius 3 is 2.78 bits per heavy atom. The van der Waals surface area contributed by atoms with Crippen molar-refractivity contribution >= 4 is 5.91 Å². The molecule has 4 nitrogen and oxygen atoms in total. The number of carbonyl (C=O) groups is 1. The lowest BCUT2D eigenvalue weighted by molar-refractivity contribution is -0.175. The number of ether oxygens (including phenoxy) is 1. The lowest BCUT2D eigenvalue weighted by Gasteiger charge is -2.29. The summed E-state index contributed by atoms with van der Waals surface area (Å²) in [5, 5.41) is 5.91. The molecule has 1 fully saturated rings. The zero-order valence-electron chi connectivity index (χ0n) is 10.3. The Kier molecular flexibility index (Phi) is 5.87. The van der Waals surface area contributed by atoms with E-state index in [1.165, 1.54) is 0 Å². The summed E-state index contributed by atoms with van der Waals surface area (Å²) in [5.74, 6) is -0.515. The average Bonchev–Trinajstić information content (AvgIpc) is 2.28. The first kappa shape index (κ1) is 15.2. The summed E-state index contributed by atoms with van der Waals surface area (Å²) in [5.41, 5.74) is 0. The van der Waals surface area contributed by atoms with E-state index in [1.54, 1.807) is 0 Å². The Morgan fingerprint density at radius 1 is 1.50 bits per heavy atom. The van der Waals surface area contributed by atoms with Crippen LogP contribution in [0, 0.1) is 0 Å². The van der Waals surface area contributed by atoms with Crippen molar-refractivity contribution in [1.82, 2.24) is 10.6 Å².